The lowest BCUT2D eigenvalue weighted by atomic mass is 9.95. The molecule has 3 N–H and O–H groups in total. The van der Waals surface area contributed by atoms with Crippen molar-refractivity contribution < 1.29 is 9.90 Å². The Bertz CT molecular complexity index is 636. The number of benzene rings is 2. The van der Waals surface area contributed by atoms with E-state index in [4.69, 9.17) is 10.8 Å². The average molecular weight is 334 g/mol. The monoisotopic (exact) mass is 333 g/mol. The van der Waals surface area contributed by atoms with Gasteiger partial charge in [-0.1, -0.05) is 22.0 Å². The molecule has 0 fully saturated rings. The quantitative estimate of drug-likeness (QED) is 0.667. The molecule has 2 aromatic rings. The summed E-state index contributed by atoms with van der Waals surface area (Å²) >= 11 is 3.35. The SMILES string of the molecule is Cc1cc(CCO)c(N)c(C(=O)c2ccc(Br)cc2)c1. The predicted octanol–water partition coefficient (Wildman–Crippen LogP) is 3.11. The van der Waals surface area contributed by atoms with Crippen LogP contribution in [-0.4, -0.2) is 17.5 Å². The number of aryl methyl sites for hydroxylation is 1. The molecule has 2 rings (SSSR count). The van der Waals surface area contributed by atoms with Crippen molar-refractivity contribution in [2.24, 2.45) is 0 Å². The highest BCUT2D eigenvalue weighted by atomic mass is 79.9. The van der Waals surface area contributed by atoms with Gasteiger partial charge in [0.15, 0.2) is 5.78 Å². The van der Waals surface area contributed by atoms with E-state index in [2.05, 4.69) is 15.9 Å². The Morgan fingerprint density at radius 2 is 1.90 bits per heavy atom. The number of aliphatic hydroxyl groups excluding tert-OH is 1. The zero-order valence-electron chi connectivity index (χ0n) is 11.2. The minimum atomic E-state index is -0.0992. The molecule has 0 radical (unpaired) electrons. The van der Waals surface area contributed by atoms with Gasteiger partial charge in [0.2, 0.25) is 0 Å². The van der Waals surface area contributed by atoms with Crippen molar-refractivity contribution in [1.29, 1.82) is 0 Å². The summed E-state index contributed by atoms with van der Waals surface area (Å²) < 4.78 is 0.923. The van der Waals surface area contributed by atoms with Crippen LogP contribution in [0.2, 0.25) is 0 Å². The Kier molecular flexibility index (Phi) is 4.57. The lowest BCUT2D eigenvalue weighted by Gasteiger charge is -2.11. The van der Waals surface area contributed by atoms with Crippen molar-refractivity contribution in [3.63, 3.8) is 0 Å². The Morgan fingerprint density at radius 3 is 2.50 bits per heavy atom. The van der Waals surface area contributed by atoms with Gasteiger partial charge < -0.3 is 10.8 Å². The second-order valence-corrected chi connectivity index (χ2v) is 5.61. The smallest absolute Gasteiger partial charge is 0.195 e. The number of anilines is 1. The van der Waals surface area contributed by atoms with E-state index in [-0.39, 0.29) is 12.4 Å². The fourth-order valence-corrected chi connectivity index (χ4v) is 2.41. The van der Waals surface area contributed by atoms with Gasteiger partial charge >= 0.3 is 0 Å². The van der Waals surface area contributed by atoms with E-state index >= 15 is 0 Å². The van der Waals surface area contributed by atoms with Gasteiger partial charge in [0, 0.05) is 27.9 Å². The largest absolute Gasteiger partial charge is 0.398 e. The summed E-state index contributed by atoms with van der Waals surface area (Å²) in [6.07, 6.45) is 0.453. The van der Waals surface area contributed by atoms with E-state index in [1.807, 2.05) is 25.1 Å². The molecule has 0 amide bonds. The van der Waals surface area contributed by atoms with Gasteiger partial charge in [0.25, 0.3) is 0 Å². The molecule has 20 heavy (non-hydrogen) atoms. The van der Waals surface area contributed by atoms with E-state index < -0.39 is 0 Å². The summed E-state index contributed by atoms with van der Waals surface area (Å²) in [7, 11) is 0. The second kappa shape index (κ2) is 6.20. The molecular weight excluding hydrogens is 318 g/mol. The maximum atomic E-state index is 12.5. The van der Waals surface area contributed by atoms with Crippen molar-refractivity contribution in [2.75, 3.05) is 12.3 Å². The molecule has 0 atom stereocenters. The minimum absolute atomic E-state index is 0.0135. The molecule has 4 heteroatoms. The zero-order chi connectivity index (χ0) is 14.7. The lowest BCUT2D eigenvalue weighted by molar-refractivity contribution is 0.103. The van der Waals surface area contributed by atoms with Crippen LogP contribution in [-0.2, 0) is 6.42 Å². The third-order valence-corrected chi connectivity index (χ3v) is 3.67. The molecule has 0 heterocycles. The van der Waals surface area contributed by atoms with Gasteiger partial charge in [-0.05, 0) is 54.8 Å². The number of halogens is 1. The number of hydrogen-bond acceptors (Lipinski definition) is 3. The summed E-state index contributed by atoms with van der Waals surface area (Å²) in [5.74, 6) is -0.0992. The summed E-state index contributed by atoms with van der Waals surface area (Å²) in [6.45, 7) is 1.93. The number of nitrogen functional groups attached to an aromatic ring is 1. The maximum absolute atomic E-state index is 12.5. The third kappa shape index (κ3) is 3.08. The first kappa shape index (κ1) is 14.8. The van der Waals surface area contributed by atoms with Gasteiger partial charge in [-0.15, -0.1) is 0 Å². The van der Waals surface area contributed by atoms with Gasteiger partial charge in [-0.3, -0.25) is 4.79 Å². The number of aliphatic hydroxyl groups is 1. The van der Waals surface area contributed by atoms with Crippen molar-refractivity contribution >= 4 is 27.4 Å². The number of nitrogens with two attached hydrogens (primary N) is 1. The number of carbonyl (C=O) groups excluding carboxylic acids is 1. The van der Waals surface area contributed by atoms with Crippen LogP contribution in [0.4, 0.5) is 5.69 Å². The first-order valence-corrected chi connectivity index (χ1v) is 7.12. The van der Waals surface area contributed by atoms with E-state index in [0.717, 1.165) is 15.6 Å². The second-order valence-electron chi connectivity index (χ2n) is 4.69. The van der Waals surface area contributed by atoms with Gasteiger partial charge in [0.1, 0.15) is 0 Å². The van der Waals surface area contributed by atoms with Crippen molar-refractivity contribution in [3.8, 4) is 0 Å². The first-order valence-electron chi connectivity index (χ1n) is 6.33. The molecule has 0 aliphatic rings. The summed E-state index contributed by atoms with van der Waals surface area (Å²) in [6, 6.07) is 10.9. The summed E-state index contributed by atoms with van der Waals surface area (Å²) in [5, 5.41) is 9.07. The molecule has 3 nitrogen and oxygen atoms in total. The molecule has 2 aromatic carbocycles. The zero-order valence-corrected chi connectivity index (χ0v) is 12.8. The maximum Gasteiger partial charge on any atom is 0.195 e. The van der Waals surface area contributed by atoms with E-state index in [9.17, 15) is 4.79 Å². The minimum Gasteiger partial charge on any atom is -0.398 e. The van der Waals surface area contributed by atoms with Crippen LogP contribution < -0.4 is 5.73 Å². The van der Waals surface area contributed by atoms with Crippen LogP contribution >= 0.6 is 15.9 Å². The number of rotatable bonds is 4. The van der Waals surface area contributed by atoms with Gasteiger partial charge in [0.05, 0.1) is 0 Å². The highest BCUT2D eigenvalue weighted by Crippen LogP contribution is 2.24. The highest BCUT2D eigenvalue weighted by molar-refractivity contribution is 9.10. The molecular formula is C16H16BrNO2. The van der Waals surface area contributed by atoms with Crippen LogP contribution in [0, 0.1) is 6.92 Å². The normalized spacial score (nSPS) is 10.6. The Balaban J connectivity index is 2.46. The van der Waals surface area contributed by atoms with Crippen molar-refractivity contribution in [2.45, 2.75) is 13.3 Å². The van der Waals surface area contributed by atoms with E-state index in [1.54, 1.807) is 18.2 Å². The fraction of sp³-hybridized carbons (Fsp3) is 0.188. The predicted molar refractivity (Wildman–Crippen MR) is 84.0 cm³/mol. The van der Waals surface area contributed by atoms with Crippen molar-refractivity contribution in [3.05, 3.63) is 63.1 Å². The van der Waals surface area contributed by atoms with E-state index in [1.165, 1.54) is 0 Å². The van der Waals surface area contributed by atoms with Crippen LogP contribution in [0.15, 0.2) is 40.9 Å². The Labute approximate surface area is 126 Å². The molecule has 0 aliphatic carbocycles. The average Bonchev–Trinajstić information content (AvgIpc) is 2.43. The lowest BCUT2D eigenvalue weighted by Crippen LogP contribution is -2.09. The number of ketones is 1. The Morgan fingerprint density at radius 1 is 1.25 bits per heavy atom. The molecule has 0 spiro atoms. The van der Waals surface area contributed by atoms with Gasteiger partial charge in [-0.25, -0.2) is 0 Å². The molecule has 0 bridgehead atoms. The van der Waals surface area contributed by atoms with Crippen molar-refractivity contribution in [1.82, 2.24) is 0 Å². The Hall–Kier alpha value is -1.65. The topological polar surface area (TPSA) is 63.3 Å². The number of carbonyl (C=O) groups is 1. The molecule has 0 unspecified atom stereocenters. The molecule has 104 valence electrons. The third-order valence-electron chi connectivity index (χ3n) is 3.14. The highest BCUT2D eigenvalue weighted by Gasteiger charge is 2.15. The molecule has 0 aliphatic heterocycles. The summed E-state index contributed by atoms with van der Waals surface area (Å²) in [5.41, 5.74) is 9.39. The summed E-state index contributed by atoms with van der Waals surface area (Å²) in [4.78, 5) is 12.5. The standard InChI is InChI=1S/C16H16BrNO2/c1-10-8-12(6-7-19)15(18)14(9-10)16(20)11-2-4-13(17)5-3-11/h2-5,8-9,19H,6-7,18H2,1H3. The van der Waals surface area contributed by atoms with Crippen LogP contribution in [0.3, 0.4) is 0 Å². The fourth-order valence-electron chi connectivity index (χ4n) is 2.14. The molecule has 0 saturated carbocycles. The van der Waals surface area contributed by atoms with Crippen LogP contribution in [0.25, 0.3) is 0 Å². The molecule has 0 saturated heterocycles. The van der Waals surface area contributed by atoms with Crippen LogP contribution in [0.5, 0.6) is 0 Å². The van der Waals surface area contributed by atoms with Crippen LogP contribution in [0.1, 0.15) is 27.0 Å². The first-order chi connectivity index (χ1) is 9.52. The molecule has 0 aromatic heterocycles. The number of hydrogen-bond donors (Lipinski definition) is 2. The van der Waals surface area contributed by atoms with E-state index in [0.29, 0.717) is 23.2 Å². The van der Waals surface area contributed by atoms with Gasteiger partial charge in [-0.2, -0.15) is 0 Å².